The largest absolute Gasteiger partial charge is 0.352 e. The molecule has 0 saturated heterocycles. The predicted molar refractivity (Wildman–Crippen MR) is 69.9 cm³/mol. The van der Waals surface area contributed by atoms with Gasteiger partial charge in [-0.25, -0.2) is 4.39 Å². The first-order chi connectivity index (χ1) is 9.04. The van der Waals surface area contributed by atoms with Crippen molar-refractivity contribution in [1.29, 1.82) is 0 Å². The zero-order valence-electron chi connectivity index (χ0n) is 11.0. The number of benzene rings is 1. The number of aromatic nitrogens is 2. The summed E-state index contributed by atoms with van der Waals surface area (Å²) in [7, 11) is 1.82. The minimum atomic E-state index is -0.277. The van der Waals surface area contributed by atoms with Crippen molar-refractivity contribution in [3.63, 3.8) is 0 Å². The highest BCUT2D eigenvalue weighted by Crippen LogP contribution is 2.04. The Balaban J connectivity index is 1.88. The standard InChI is InChI=1S/C14H16FN3O/c1-10-7-13(18(2)17-10)8-14(19)16-9-11-3-5-12(15)6-4-11/h3-7H,8-9H2,1-2H3,(H,16,19). The van der Waals surface area contributed by atoms with Crippen molar-refractivity contribution in [2.75, 3.05) is 0 Å². The van der Waals surface area contributed by atoms with Crippen LogP contribution in [0.25, 0.3) is 0 Å². The zero-order chi connectivity index (χ0) is 13.8. The molecule has 0 aliphatic carbocycles. The van der Waals surface area contributed by atoms with Gasteiger partial charge in [0.15, 0.2) is 0 Å². The first kappa shape index (κ1) is 13.3. The molecule has 0 unspecified atom stereocenters. The number of halogens is 1. The molecule has 0 spiro atoms. The van der Waals surface area contributed by atoms with Crippen LogP contribution in [0.5, 0.6) is 0 Å². The van der Waals surface area contributed by atoms with Crippen molar-refractivity contribution < 1.29 is 9.18 Å². The van der Waals surface area contributed by atoms with Crippen LogP contribution < -0.4 is 5.32 Å². The molecule has 0 saturated carbocycles. The predicted octanol–water partition coefficient (Wildman–Crippen LogP) is 1.73. The van der Waals surface area contributed by atoms with Gasteiger partial charge in [0, 0.05) is 19.3 Å². The Kier molecular flexibility index (Phi) is 3.94. The van der Waals surface area contributed by atoms with E-state index in [1.807, 2.05) is 20.0 Å². The van der Waals surface area contributed by atoms with E-state index in [9.17, 15) is 9.18 Å². The van der Waals surface area contributed by atoms with Crippen LogP contribution in [0.1, 0.15) is 17.0 Å². The summed E-state index contributed by atoms with van der Waals surface area (Å²) in [6.07, 6.45) is 0.290. The summed E-state index contributed by atoms with van der Waals surface area (Å²) >= 11 is 0. The molecule has 1 aromatic carbocycles. The van der Waals surface area contributed by atoms with Crippen molar-refractivity contribution in [2.45, 2.75) is 19.9 Å². The van der Waals surface area contributed by atoms with Crippen LogP contribution in [0.4, 0.5) is 4.39 Å². The molecule has 1 aromatic heterocycles. The zero-order valence-corrected chi connectivity index (χ0v) is 11.0. The second-order valence-electron chi connectivity index (χ2n) is 4.48. The van der Waals surface area contributed by atoms with E-state index in [1.165, 1.54) is 12.1 Å². The van der Waals surface area contributed by atoms with E-state index in [-0.39, 0.29) is 11.7 Å². The Hall–Kier alpha value is -2.17. The van der Waals surface area contributed by atoms with Crippen LogP contribution in [-0.4, -0.2) is 15.7 Å². The van der Waals surface area contributed by atoms with E-state index >= 15 is 0 Å². The summed E-state index contributed by atoms with van der Waals surface area (Å²) in [5.74, 6) is -0.354. The number of hydrogen-bond donors (Lipinski definition) is 1. The SMILES string of the molecule is Cc1cc(CC(=O)NCc2ccc(F)cc2)n(C)n1. The van der Waals surface area contributed by atoms with Crippen LogP contribution in [0.3, 0.4) is 0 Å². The molecular weight excluding hydrogens is 245 g/mol. The van der Waals surface area contributed by atoms with E-state index < -0.39 is 0 Å². The maximum atomic E-state index is 12.7. The fourth-order valence-electron chi connectivity index (χ4n) is 1.86. The van der Waals surface area contributed by atoms with Crippen molar-refractivity contribution in [3.05, 3.63) is 53.1 Å². The van der Waals surface area contributed by atoms with E-state index in [4.69, 9.17) is 0 Å². The van der Waals surface area contributed by atoms with Crippen molar-refractivity contribution in [1.82, 2.24) is 15.1 Å². The van der Waals surface area contributed by atoms with Gasteiger partial charge in [-0.3, -0.25) is 9.48 Å². The molecule has 1 heterocycles. The summed E-state index contributed by atoms with van der Waals surface area (Å²) in [6.45, 7) is 2.29. The van der Waals surface area contributed by atoms with Gasteiger partial charge < -0.3 is 5.32 Å². The Morgan fingerprint density at radius 1 is 1.37 bits per heavy atom. The lowest BCUT2D eigenvalue weighted by Crippen LogP contribution is -2.25. The third kappa shape index (κ3) is 3.64. The van der Waals surface area contributed by atoms with Crippen molar-refractivity contribution in [3.8, 4) is 0 Å². The molecular formula is C14H16FN3O. The highest BCUT2D eigenvalue weighted by molar-refractivity contribution is 5.78. The molecule has 0 aliphatic rings. The molecule has 0 bridgehead atoms. The van der Waals surface area contributed by atoms with Gasteiger partial charge in [-0.1, -0.05) is 12.1 Å². The van der Waals surface area contributed by atoms with Crippen LogP contribution in [0.2, 0.25) is 0 Å². The smallest absolute Gasteiger partial charge is 0.226 e. The van der Waals surface area contributed by atoms with Gasteiger partial charge in [0.05, 0.1) is 12.1 Å². The molecule has 4 nitrogen and oxygen atoms in total. The number of nitrogens with one attached hydrogen (secondary N) is 1. The molecule has 1 amide bonds. The van der Waals surface area contributed by atoms with Crippen molar-refractivity contribution in [2.24, 2.45) is 7.05 Å². The minimum Gasteiger partial charge on any atom is -0.352 e. The molecule has 0 aliphatic heterocycles. The summed E-state index contributed by atoms with van der Waals surface area (Å²) in [5.41, 5.74) is 2.63. The molecule has 19 heavy (non-hydrogen) atoms. The topological polar surface area (TPSA) is 46.9 Å². The number of amides is 1. The van der Waals surface area contributed by atoms with Gasteiger partial charge in [0.2, 0.25) is 5.91 Å². The molecule has 0 fully saturated rings. The van der Waals surface area contributed by atoms with Gasteiger partial charge in [0.1, 0.15) is 5.82 Å². The monoisotopic (exact) mass is 261 g/mol. The molecule has 0 atom stereocenters. The average Bonchev–Trinajstić information content (AvgIpc) is 2.67. The van der Waals surface area contributed by atoms with Gasteiger partial charge in [-0.15, -0.1) is 0 Å². The molecule has 1 N–H and O–H groups in total. The fourth-order valence-corrected chi connectivity index (χ4v) is 1.86. The third-order valence-electron chi connectivity index (χ3n) is 2.84. The maximum absolute atomic E-state index is 12.7. The number of aryl methyl sites for hydroxylation is 2. The highest BCUT2D eigenvalue weighted by Gasteiger charge is 2.08. The lowest BCUT2D eigenvalue weighted by Gasteiger charge is -2.05. The fraction of sp³-hybridized carbons (Fsp3) is 0.286. The third-order valence-corrected chi connectivity index (χ3v) is 2.84. The Morgan fingerprint density at radius 2 is 2.05 bits per heavy atom. The lowest BCUT2D eigenvalue weighted by atomic mass is 10.2. The van der Waals surface area contributed by atoms with Crippen LogP contribution in [-0.2, 0) is 24.8 Å². The molecule has 5 heteroatoms. The van der Waals surface area contributed by atoms with Gasteiger partial charge in [-0.05, 0) is 30.7 Å². The number of hydrogen-bond acceptors (Lipinski definition) is 2. The Bertz CT molecular complexity index is 575. The van der Waals surface area contributed by atoms with E-state index in [0.29, 0.717) is 13.0 Å². The van der Waals surface area contributed by atoms with E-state index in [0.717, 1.165) is 17.0 Å². The van der Waals surface area contributed by atoms with Crippen LogP contribution in [0.15, 0.2) is 30.3 Å². The number of carbonyl (C=O) groups excluding carboxylic acids is 1. The summed E-state index contributed by atoms with van der Waals surface area (Å²) in [5, 5.41) is 6.99. The van der Waals surface area contributed by atoms with Gasteiger partial charge in [0.25, 0.3) is 0 Å². The Labute approximate surface area is 111 Å². The average molecular weight is 261 g/mol. The number of rotatable bonds is 4. The van der Waals surface area contributed by atoms with Gasteiger partial charge >= 0.3 is 0 Å². The summed E-state index contributed by atoms with van der Waals surface area (Å²) in [6, 6.07) is 7.96. The lowest BCUT2D eigenvalue weighted by molar-refractivity contribution is -0.120. The van der Waals surface area contributed by atoms with E-state index in [1.54, 1.807) is 16.8 Å². The summed E-state index contributed by atoms with van der Waals surface area (Å²) in [4.78, 5) is 11.8. The quantitative estimate of drug-likeness (QED) is 0.911. The van der Waals surface area contributed by atoms with Crippen LogP contribution in [0, 0.1) is 12.7 Å². The van der Waals surface area contributed by atoms with Gasteiger partial charge in [-0.2, -0.15) is 5.10 Å². The second-order valence-corrected chi connectivity index (χ2v) is 4.48. The Morgan fingerprint density at radius 3 is 2.63 bits per heavy atom. The highest BCUT2D eigenvalue weighted by atomic mass is 19.1. The van der Waals surface area contributed by atoms with Crippen LogP contribution >= 0.6 is 0 Å². The first-order valence-corrected chi connectivity index (χ1v) is 6.05. The normalized spacial score (nSPS) is 10.5. The van der Waals surface area contributed by atoms with E-state index in [2.05, 4.69) is 10.4 Å². The molecule has 2 rings (SSSR count). The number of carbonyl (C=O) groups is 1. The second kappa shape index (κ2) is 5.65. The minimum absolute atomic E-state index is 0.0766. The first-order valence-electron chi connectivity index (χ1n) is 6.05. The van der Waals surface area contributed by atoms with Crippen molar-refractivity contribution >= 4 is 5.91 Å². The molecule has 100 valence electrons. The summed E-state index contributed by atoms with van der Waals surface area (Å²) < 4.78 is 14.4. The molecule has 0 radical (unpaired) electrons. The maximum Gasteiger partial charge on any atom is 0.226 e. The molecule has 2 aromatic rings. The number of nitrogens with zero attached hydrogens (tertiary/aromatic N) is 2.